The number of anilines is 1. The number of nitrogens with zero attached hydrogens (tertiary/aromatic N) is 5. The largest absolute Gasteiger partial charge is 0.457 e. The Morgan fingerprint density at radius 2 is 1.75 bits per heavy atom. The number of carbonyl (C=O) groups excluding carboxylic acids is 4. The second-order valence-electron chi connectivity index (χ2n) is 17.6. The number of aliphatic hydroxyl groups excluding tert-OH is 1. The van der Waals surface area contributed by atoms with Crippen molar-refractivity contribution in [3.8, 4) is 11.3 Å². The van der Waals surface area contributed by atoms with Gasteiger partial charge in [-0.1, -0.05) is 34.3 Å². The first-order valence-corrected chi connectivity index (χ1v) is 21.6. The summed E-state index contributed by atoms with van der Waals surface area (Å²) in [6.45, 7) is 17.1. The number of hydrogen-bond acceptors (Lipinski definition) is 14. The van der Waals surface area contributed by atoms with Gasteiger partial charge in [-0.15, -0.1) is 0 Å². The van der Waals surface area contributed by atoms with E-state index in [1.165, 1.54) is 20.1 Å². The van der Waals surface area contributed by atoms with Crippen molar-refractivity contribution in [2.75, 3.05) is 40.1 Å². The van der Waals surface area contributed by atoms with Gasteiger partial charge in [0.2, 0.25) is 0 Å². The molecule has 0 spiro atoms. The number of methoxy groups -OCH3 is 1. The van der Waals surface area contributed by atoms with E-state index in [9.17, 15) is 24.3 Å². The molecule has 5 rings (SSSR count). The van der Waals surface area contributed by atoms with Gasteiger partial charge < -0.3 is 43.6 Å². The molecule has 338 valence electrons. The second-order valence-corrected chi connectivity index (χ2v) is 17.6. The summed E-state index contributed by atoms with van der Waals surface area (Å²) in [7, 11) is 7.03. The Bertz CT molecular complexity index is 1860. The van der Waals surface area contributed by atoms with E-state index in [-0.39, 0.29) is 37.3 Å². The van der Waals surface area contributed by atoms with Gasteiger partial charge in [-0.25, -0.2) is 14.8 Å². The third-order valence-electron chi connectivity index (χ3n) is 13.2. The fraction of sp³-hybridized carbons (Fsp3) is 0.689. The molecule has 3 aliphatic rings. The van der Waals surface area contributed by atoms with Gasteiger partial charge in [-0.05, 0) is 85.2 Å². The maximum absolute atomic E-state index is 14.8. The number of aliphatic hydroxyl groups is 1. The van der Waals surface area contributed by atoms with Gasteiger partial charge >= 0.3 is 12.1 Å². The zero-order valence-electron chi connectivity index (χ0n) is 37.8. The lowest BCUT2D eigenvalue weighted by atomic mass is 9.72. The molecule has 5 heterocycles. The lowest BCUT2D eigenvalue weighted by Gasteiger charge is -2.47. The third kappa shape index (κ3) is 9.88. The number of nitrogens with one attached hydrogen (secondary N) is 1. The Balaban J connectivity index is 1.44. The molecule has 1 amide bonds. The predicted molar refractivity (Wildman–Crippen MR) is 228 cm³/mol. The van der Waals surface area contributed by atoms with Crippen LogP contribution in [0.5, 0.6) is 0 Å². The molecule has 0 aliphatic carbocycles. The number of imidazole rings is 1. The lowest BCUT2D eigenvalue weighted by Crippen LogP contribution is -2.60. The number of cyclic esters (lactones) is 1. The molecule has 0 unspecified atom stereocenters. The van der Waals surface area contributed by atoms with E-state index in [0.717, 1.165) is 17.1 Å². The fourth-order valence-corrected chi connectivity index (χ4v) is 9.58. The van der Waals surface area contributed by atoms with Crippen LogP contribution in [-0.2, 0) is 44.6 Å². The van der Waals surface area contributed by atoms with E-state index in [0.29, 0.717) is 25.8 Å². The zero-order chi connectivity index (χ0) is 45.0. The van der Waals surface area contributed by atoms with E-state index in [1.54, 1.807) is 52.0 Å². The smallest absolute Gasteiger partial charge is 0.411 e. The maximum Gasteiger partial charge on any atom is 0.411 e. The molecule has 16 heteroatoms. The van der Waals surface area contributed by atoms with Crippen molar-refractivity contribution in [1.29, 1.82) is 0 Å². The molecule has 2 N–H and O–H groups in total. The number of pyridine rings is 1. The number of aromatic nitrogens is 3. The summed E-state index contributed by atoms with van der Waals surface area (Å²) in [5.74, 6) is -4.46. The second kappa shape index (κ2) is 19.9. The molecule has 2 aromatic heterocycles. The number of Topliss-reactive ketones (excluding diaryl/α,β-unsaturated/α-hetero) is 2. The molecular formula is C45H68N6O10. The van der Waals surface area contributed by atoms with Crippen molar-refractivity contribution in [3.05, 3.63) is 43.5 Å². The first-order chi connectivity index (χ1) is 28.9. The summed E-state index contributed by atoms with van der Waals surface area (Å²) in [4.78, 5) is 69.7. The standard InChI is InChI=1S/C45H68N6O10/c1-13-34-45(14-2)39(51(43(56)61-45)20-16-15-19-50-24-32(48-25-50)31-17-18-35(46-9)47-23-31)28(5)36(52)26(3)22-44(8,57-12)40(29(6)37(53)30(7)41(55)59-34)60-42-38(54)33(49(10)11)21-27(4)58-42/h14,17-18,23-30,33-34,38-40,42,54H,2,13,15-16,19-22H2,1,3-12H3,(H,46,47)/t26-,27-,28+,29+,30-,33+,34-,38-,39-,40-,42+,44-,45-/m1/s1. The number of likely N-dealkylation sites (N-methyl/N-ethyl adjacent to an activating group) is 1. The van der Waals surface area contributed by atoms with Gasteiger partial charge in [0.25, 0.3) is 0 Å². The van der Waals surface area contributed by atoms with Crippen LogP contribution in [0.3, 0.4) is 0 Å². The summed E-state index contributed by atoms with van der Waals surface area (Å²) in [6, 6.07) is 2.65. The minimum atomic E-state index is -1.60. The predicted octanol–water partition coefficient (Wildman–Crippen LogP) is 5.14. The summed E-state index contributed by atoms with van der Waals surface area (Å²) in [5.41, 5.74) is -1.22. The topological polar surface area (TPSA) is 184 Å². The summed E-state index contributed by atoms with van der Waals surface area (Å²) >= 11 is 0. The number of fused-ring (bicyclic) bond motifs is 1. The minimum absolute atomic E-state index is 0.103. The molecule has 0 radical (unpaired) electrons. The van der Waals surface area contributed by atoms with Crippen molar-refractivity contribution in [2.45, 2.75) is 141 Å². The molecule has 3 fully saturated rings. The van der Waals surface area contributed by atoms with Gasteiger partial charge in [0, 0.05) is 69.0 Å². The molecule has 0 aromatic carbocycles. The molecule has 3 saturated heterocycles. The highest BCUT2D eigenvalue weighted by Crippen LogP contribution is 2.44. The first-order valence-electron chi connectivity index (χ1n) is 21.6. The van der Waals surface area contributed by atoms with Crippen molar-refractivity contribution in [2.24, 2.45) is 23.7 Å². The van der Waals surface area contributed by atoms with E-state index in [4.69, 9.17) is 23.7 Å². The van der Waals surface area contributed by atoms with Crippen molar-refractivity contribution in [3.63, 3.8) is 0 Å². The fourth-order valence-electron chi connectivity index (χ4n) is 9.58. The van der Waals surface area contributed by atoms with Gasteiger partial charge in [-0.2, -0.15) is 0 Å². The van der Waals surface area contributed by atoms with Gasteiger partial charge in [-0.3, -0.25) is 19.3 Å². The molecule has 2 aromatic rings. The number of unbranched alkanes of at least 4 members (excludes halogenated alkanes) is 1. The summed E-state index contributed by atoms with van der Waals surface area (Å²) in [6.07, 6.45) is 3.80. The number of ketones is 2. The first kappa shape index (κ1) is 47.8. The molecule has 61 heavy (non-hydrogen) atoms. The Hall–Kier alpha value is -4.22. The molecule has 13 atom stereocenters. The van der Waals surface area contributed by atoms with Crippen molar-refractivity contribution >= 4 is 29.4 Å². The van der Waals surface area contributed by atoms with Gasteiger partial charge in [0.15, 0.2) is 17.7 Å². The van der Waals surface area contributed by atoms with Crippen molar-refractivity contribution in [1.82, 2.24) is 24.3 Å². The van der Waals surface area contributed by atoms with E-state index in [1.807, 2.05) is 55.9 Å². The van der Waals surface area contributed by atoms with Crippen LogP contribution >= 0.6 is 0 Å². The van der Waals surface area contributed by atoms with Gasteiger partial charge in [0.1, 0.15) is 29.7 Å². The quantitative estimate of drug-likeness (QED) is 0.117. The molecular weight excluding hydrogens is 785 g/mol. The highest BCUT2D eigenvalue weighted by Gasteiger charge is 2.61. The molecule has 16 nitrogen and oxygen atoms in total. The normalized spacial score (nSPS) is 35.4. The molecule has 0 saturated carbocycles. The van der Waals surface area contributed by atoms with Crippen molar-refractivity contribution < 1.29 is 48.0 Å². The Labute approximate surface area is 360 Å². The van der Waals surface area contributed by atoms with E-state index < -0.39 is 83.4 Å². The van der Waals surface area contributed by atoms with E-state index in [2.05, 4.69) is 21.9 Å². The SMILES string of the molecule is C=C[C@]12OC(=O)N(CCCCn3cnc(-c4ccc(NC)nc4)c3)[C@@H]1[C@@H](C)C(=O)[C@H](C)C[C@@](C)(OC)[C@H](O[C@@H]1O[C@H](C)C[C@H](N(C)C)[C@H]1O)[C@@H](C)C(=O)[C@@H](C)C(=O)O[C@@H]2CC. The number of carbonyl (C=O) groups is 4. The summed E-state index contributed by atoms with van der Waals surface area (Å²) in [5, 5.41) is 14.5. The van der Waals surface area contributed by atoms with Gasteiger partial charge in [0.05, 0.1) is 35.9 Å². The van der Waals surface area contributed by atoms with Crippen LogP contribution in [0.1, 0.15) is 80.6 Å². The van der Waals surface area contributed by atoms with Crippen LogP contribution in [0, 0.1) is 23.7 Å². The minimum Gasteiger partial charge on any atom is -0.457 e. The van der Waals surface area contributed by atoms with E-state index >= 15 is 0 Å². The molecule has 0 bridgehead atoms. The third-order valence-corrected chi connectivity index (χ3v) is 13.2. The Morgan fingerprint density at radius 3 is 2.36 bits per heavy atom. The van der Waals surface area contributed by atoms with Crippen LogP contribution in [0.25, 0.3) is 11.3 Å². The maximum atomic E-state index is 14.8. The highest BCUT2D eigenvalue weighted by molar-refractivity contribution is 6.00. The van der Waals surface area contributed by atoms with Crippen LogP contribution in [0.15, 0.2) is 43.5 Å². The monoisotopic (exact) mass is 852 g/mol. The number of ether oxygens (including phenoxy) is 5. The average Bonchev–Trinajstić information content (AvgIpc) is 3.84. The number of hydrogen-bond donors (Lipinski definition) is 2. The van der Waals surface area contributed by atoms with Crippen LogP contribution in [-0.4, -0.2) is 142 Å². The molecule has 3 aliphatic heterocycles. The van der Waals surface area contributed by atoms with Crippen LogP contribution in [0.2, 0.25) is 0 Å². The average molecular weight is 853 g/mol. The van der Waals surface area contributed by atoms with Crippen LogP contribution < -0.4 is 5.32 Å². The lowest BCUT2D eigenvalue weighted by molar-refractivity contribution is -0.295. The Kier molecular flexibility index (Phi) is 15.6. The Morgan fingerprint density at radius 1 is 1.05 bits per heavy atom. The number of amides is 1. The number of rotatable bonds is 13. The highest BCUT2D eigenvalue weighted by atomic mass is 16.7. The summed E-state index contributed by atoms with van der Waals surface area (Å²) < 4.78 is 33.3. The number of esters is 1. The zero-order valence-corrected chi connectivity index (χ0v) is 37.8. The van der Waals surface area contributed by atoms with Crippen LogP contribution in [0.4, 0.5) is 10.6 Å². The number of aryl methyl sites for hydroxylation is 1.